The molecule has 4 aromatic rings. The molecule has 0 unspecified atom stereocenters. The van der Waals surface area contributed by atoms with Gasteiger partial charge >= 0.3 is 18.0 Å². The average Bonchev–Trinajstić information content (AvgIpc) is 3.28. The minimum Gasteiger partial charge on any atom is -0.479 e. The second-order valence-electron chi connectivity index (χ2n) is 7.35. The second-order valence-corrected chi connectivity index (χ2v) is 8.35. The van der Waals surface area contributed by atoms with Crippen LogP contribution in [-0.4, -0.2) is 60.7 Å². The van der Waals surface area contributed by atoms with Gasteiger partial charge in [-0.3, -0.25) is 10.3 Å². The predicted molar refractivity (Wildman–Crippen MR) is 129 cm³/mol. The molecule has 2 amide bonds. The van der Waals surface area contributed by atoms with Crippen LogP contribution in [-0.2, 0) is 9.59 Å². The van der Waals surface area contributed by atoms with E-state index in [9.17, 15) is 18.8 Å². The predicted octanol–water partition coefficient (Wildman–Crippen LogP) is 3.18. The van der Waals surface area contributed by atoms with Crippen LogP contribution in [0.4, 0.5) is 24.7 Å². The SMILES string of the molecule is CCNC(=O)Nc1nc2c(F)c(-c3cnc(NC(C(=O)O)C(=O)O)nc3)cc(-c3ncccc3F)c2s1. The molecule has 3 heterocycles. The van der Waals surface area contributed by atoms with Crippen molar-refractivity contribution in [1.82, 2.24) is 25.3 Å². The molecule has 15 heteroatoms. The summed E-state index contributed by atoms with van der Waals surface area (Å²) in [5.41, 5.74) is -0.0109. The number of nitrogens with zero attached hydrogens (tertiary/aromatic N) is 4. The zero-order valence-corrected chi connectivity index (χ0v) is 19.6. The lowest BCUT2D eigenvalue weighted by Gasteiger charge is -2.11. The Labute approximate surface area is 210 Å². The van der Waals surface area contributed by atoms with Crippen LogP contribution in [0.3, 0.4) is 0 Å². The number of aliphatic carboxylic acids is 2. The summed E-state index contributed by atoms with van der Waals surface area (Å²) in [5.74, 6) is -5.11. The normalized spacial score (nSPS) is 10.9. The number of carboxylic acids is 2. The van der Waals surface area contributed by atoms with Gasteiger partial charge in [0.2, 0.25) is 12.0 Å². The molecule has 3 aromatic heterocycles. The number of carbonyl (C=O) groups is 3. The highest BCUT2D eigenvalue weighted by atomic mass is 32.1. The van der Waals surface area contributed by atoms with Gasteiger partial charge in [-0.15, -0.1) is 0 Å². The molecule has 5 N–H and O–H groups in total. The van der Waals surface area contributed by atoms with E-state index in [2.05, 4.69) is 35.9 Å². The van der Waals surface area contributed by atoms with Gasteiger partial charge in [-0.05, 0) is 25.1 Å². The molecule has 0 atom stereocenters. The number of urea groups is 1. The Kier molecular flexibility index (Phi) is 7.15. The molecule has 0 radical (unpaired) electrons. The lowest BCUT2D eigenvalue weighted by atomic mass is 10.0. The number of amides is 2. The van der Waals surface area contributed by atoms with Gasteiger partial charge in [-0.25, -0.2) is 38.1 Å². The number of fused-ring (bicyclic) bond motifs is 1. The van der Waals surface area contributed by atoms with E-state index >= 15 is 4.39 Å². The minimum atomic E-state index is -2.00. The van der Waals surface area contributed by atoms with Crippen molar-refractivity contribution in [2.75, 3.05) is 17.2 Å². The highest BCUT2D eigenvalue weighted by molar-refractivity contribution is 7.22. The van der Waals surface area contributed by atoms with Crippen LogP contribution in [0.1, 0.15) is 6.92 Å². The molecule has 0 bridgehead atoms. The Morgan fingerprint density at radius 1 is 1.08 bits per heavy atom. The first-order chi connectivity index (χ1) is 17.7. The number of benzene rings is 1. The van der Waals surface area contributed by atoms with Gasteiger partial charge in [0.1, 0.15) is 17.0 Å². The van der Waals surface area contributed by atoms with Crippen LogP contribution in [0.25, 0.3) is 32.6 Å². The number of carbonyl (C=O) groups excluding carboxylic acids is 1. The molecule has 1 aromatic carbocycles. The highest BCUT2D eigenvalue weighted by Gasteiger charge is 2.27. The summed E-state index contributed by atoms with van der Waals surface area (Å²) >= 11 is 0.932. The number of carboxylic acid groups (broad SMARTS) is 2. The monoisotopic (exact) mass is 529 g/mol. The van der Waals surface area contributed by atoms with Crippen molar-refractivity contribution in [3.8, 4) is 22.4 Å². The van der Waals surface area contributed by atoms with Gasteiger partial charge in [0.05, 0.1) is 4.70 Å². The fourth-order valence-corrected chi connectivity index (χ4v) is 4.25. The zero-order valence-electron chi connectivity index (χ0n) is 18.8. The molecule has 0 saturated heterocycles. The van der Waals surface area contributed by atoms with E-state index in [1.54, 1.807) is 6.92 Å². The molecular weight excluding hydrogens is 512 g/mol. The van der Waals surface area contributed by atoms with Gasteiger partial charge in [0.15, 0.2) is 10.9 Å². The van der Waals surface area contributed by atoms with Crippen LogP contribution < -0.4 is 16.0 Å². The Morgan fingerprint density at radius 2 is 1.78 bits per heavy atom. The van der Waals surface area contributed by atoms with E-state index in [1.165, 1.54) is 24.4 Å². The van der Waals surface area contributed by atoms with Crippen molar-refractivity contribution < 1.29 is 33.4 Å². The molecule has 4 rings (SSSR count). The van der Waals surface area contributed by atoms with E-state index in [0.29, 0.717) is 6.54 Å². The van der Waals surface area contributed by atoms with Crippen LogP contribution >= 0.6 is 11.3 Å². The quantitative estimate of drug-likeness (QED) is 0.213. The van der Waals surface area contributed by atoms with Gasteiger partial charge in [0.25, 0.3) is 0 Å². The number of hydrogen-bond donors (Lipinski definition) is 5. The Balaban J connectivity index is 1.82. The van der Waals surface area contributed by atoms with E-state index < -0.39 is 35.6 Å². The van der Waals surface area contributed by atoms with Crippen molar-refractivity contribution in [3.05, 3.63) is 48.4 Å². The van der Waals surface area contributed by atoms with Gasteiger partial charge in [-0.1, -0.05) is 11.3 Å². The summed E-state index contributed by atoms with van der Waals surface area (Å²) in [7, 11) is 0. The lowest BCUT2D eigenvalue weighted by molar-refractivity contribution is -0.148. The summed E-state index contributed by atoms with van der Waals surface area (Å²) in [5, 5.41) is 25.3. The van der Waals surface area contributed by atoms with Crippen LogP contribution in [0.5, 0.6) is 0 Å². The molecule has 0 fully saturated rings. The third-order valence-electron chi connectivity index (χ3n) is 4.91. The molecule has 0 spiro atoms. The summed E-state index contributed by atoms with van der Waals surface area (Å²) in [6.45, 7) is 2.07. The largest absolute Gasteiger partial charge is 0.479 e. The smallest absolute Gasteiger partial charge is 0.338 e. The minimum absolute atomic E-state index is 0.0683. The van der Waals surface area contributed by atoms with Crippen LogP contribution in [0.15, 0.2) is 36.8 Å². The maximum Gasteiger partial charge on any atom is 0.338 e. The molecule has 37 heavy (non-hydrogen) atoms. The topological polar surface area (TPSA) is 179 Å². The number of thiazole rings is 1. The maximum atomic E-state index is 15.6. The number of aromatic nitrogens is 4. The van der Waals surface area contributed by atoms with Crippen molar-refractivity contribution in [1.29, 1.82) is 0 Å². The number of nitrogens with one attached hydrogen (secondary N) is 3. The fourth-order valence-electron chi connectivity index (χ4n) is 3.28. The van der Waals surface area contributed by atoms with Crippen molar-refractivity contribution in [2.24, 2.45) is 0 Å². The average molecular weight is 529 g/mol. The Bertz CT molecular complexity index is 1500. The second kappa shape index (κ2) is 10.4. The molecule has 190 valence electrons. The fraction of sp³-hybridized carbons (Fsp3) is 0.136. The highest BCUT2D eigenvalue weighted by Crippen LogP contribution is 2.40. The molecule has 0 saturated carbocycles. The Hall–Kier alpha value is -4.79. The van der Waals surface area contributed by atoms with Gasteiger partial charge in [-0.2, -0.15) is 0 Å². The first-order valence-corrected chi connectivity index (χ1v) is 11.3. The lowest BCUT2D eigenvalue weighted by Crippen LogP contribution is -2.37. The number of rotatable bonds is 8. The van der Waals surface area contributed by atoms with Crippen molar-refractivity contribution in [2.45, 2.75) is 13.0 Å². The van der Waals surface area contributed by atoms with Crippen LogP contribution in [0, 0.1) is 11.6 Å². The van der Waals surface area contributed by atoms with Gasteiger partial charge in [0, 0.05) is 41.8 Å². The number of pyridine rings is 1. The number of halogens is 2. The van der Waals surface area contributed by atoms with Gasteiger partial charge < -0.3 is 20.8 Å². The molecule has 0 aliphatic rings. The van der Waals surface area contributed by atoms with E-state index in [4.69, 9.17) is 10.2 Å². The Morgan fingerprint density at radius 3 is 2.41 bits per heavy atom. The van der Waals surface area contributed by atoms with E-state index in [0.717, 1.165) is 23.7 Å². The molecule has 12 nitrogen and oxygen atoms in total. The third-order valence-corrected chi connectivity index (χ3v) is 5.91. The maximum absolute atomic E-state index is 15.6. The number of hydrogen-bond acceptors (Lipinski definition) is 9. The first-order valence-electron chi connectivity index (χ1n) is 10.5. The first kappa shape index (κ1) is 25.3. The molecular formula is C22H17F2N7O5S. The summed E-state index contributed by atoms with van der Waals surface area (Å²) in [6, 6.07) is 1.38. The molecule has 0 aliphatic carbocycles. The zero-order chi connectivity index (χ0) is 26.7. The van der Waals surface area contributed by atoms with Crippen LogP contribution in [0.2, 0.25) is 0 Å². The standard InChI is InChI=1S/C22H17F2N7O5S/c1-2-25-21(36)31-22-30-15-13(24)10(6-11(17(15)37-22)14-12(23)4-3-5-26-14)9-7-27-20(28-8-9)29-16(18(32)33)19(34)35/h3-8,16H,2H2,1H3,(H,32,33)(H,34,35)(H,27,28,29)(H2,25,30,31,36). The molecule has 0 aliphatic heterocycles. The van der Waals surface area contributed by atoms with E-state index in [-0.39, 0.29) is 43.7 Å². The van der Waals surface area contributed by atoms with Crippen molar-refractivity contribution >= 4 is 50.6 Å². The van der Waals surface area contributed by atoms with E-state index in [1.807, 2.05) is 0 Å². The number of anilines is 2. The third kappa shape index (κ3) is 5.25. The van der Waals surface area contributed by atoms with Crippen molar-refractivity contribution in [3.63, 3.8) is 0 Å². The summed E-state index contributed by atoms with van der Waals surface area (Å²) < 4.78 is 30.6. The summed E-state index contributed by atoms with van der Waals surface area (Å²) in [6.07, 6.45) is 3.64. The summed E-state index contributed by atoms with van der Waals surface area (Å²) in [4.78, 5) is 50.1.